The van der Waals surface area contributed by atoms with E-state index in [4.69, 9.17) is 4.74 Å². The number of rotatable bonds is 2. The van der Waals surface area contributed by atoms with Gasteiger partial charge in [0.15, 0.2) is 5.78 Å². The summed E-state index contributed by atoms with van der Waals surface area (Å²) in [5, 5.41) is 33.0. The summed E-state index contributed by atoms with van der Waals surface area (Å²) in [7, 11) is 0. The molecule has 5 aliphatic rings. The lowest BCUT2D eigenvalue weighted by Gasteiger charge is -2.64. The standard InChI is InChI=1S/C30H46O6/c1-25(2)16-9-11-19-27(5)14-18(31)24(30(8)21(33)13-23(36-30)26(3,4)35)28(27,6)15-22(34)29(19,7)17(16)10-12-20(25)32/h9,17-20,23-24,31-32,35H,10-15H2,1-8H3/t17-,18-,19+,20-,23+,24+,27+,28-,29+,30+/m1/s1. The van der Waals surface area contributed by atoms with Gasteiger partial charge in [0.05, 0.1) is 23.9 Å². The molecule has 5 rings (SSSR count). The molecule has 0 amide bonds. The summed E-state index contributed by atoms with van der Waals surface area (Å²) in [4.78, 5) is 27.8. The summed E-state index contributed by atoms with van der Waals surface area (Å²) in [6.45, 7) is 15.7. The fourth-order valence-corrected chi connectivity index (χ4v) is 9.88. The van der Waals surface area contributed by atoms with Gasteiger partial charge in [-0.05, 0) is 69.1 Å². The zero-order valence-corrected chi connectivity index (χ0v) is 23.4. The van der Waals surface area contributed by atoms with Crippen molar-refractivity contribution in [2.45, 2.75) is 123 Å². The number of aliphatic hydroxyl groups is 3. The smallest absolute Gasteiger partial charge is 0.167 e. The van der Waals surface area contributed by atoms with Crippen LogP contribution >= 0.6 is 0 Å². The Morgan fingerprint density at radius 1 is 0.972 bits per heavy atom. The van der Waals surface area contributed by atoms with Crippen LogP contribution in [0.4, 0.5) is 0 Å². The fourth-order valence-electron chi connectivity index (χ4n) is 9.88. The Bertz CT molecular complexity index is 1020. The molecule has 0 bridgehead atoms. The van der Waals surface area contributed by atoms with Crippen LogP contribution in [0, 0.1) is 39.4 Å². The molecule has 6 nitrogen and oxygen atoms in total. The van der Waals surface area contributed by atoms with Crippen molar-refractivity contribution >= 4 is 11.6 Å². The maximum absolute atomic E-state index is 14.3. The Morgan fingerprint density at radius 3 is 2.19 bits per heavy atom. The molecular weight excluding hydrogens is 456 g/mol. The summed E-state index contributed by atoms with van der Waals surface area (Å²) >= 11 is 0. The van der Waals surface area contributed by atoms with Crippen molar-refractivity contribution in [2.75, 3.05) is 0 Å². The summed E-state index contributed by atoms with van der Waals surface area (Å²) in [6, 6.07) is 0. The number of carbonyl (C=O) groups excluding carboxylic acids is 2. The number of ketones is 2. The highest BCUT2D eigenvalue weighted by molar-refractivity contribution is 5.91. The molecule has 202 valence electrons. The molecule has 1 heterocycles. The SMILES string of the molecule is CC(C)(O)[C@@H]1CC(=O)[C@@](C)([C@H]2[C@H](O)C[C@@]3(C)[C@@H]4CC=C5[C@@H](CC[C@@H](O)C5(C)C)[C@]4(C)C(=O)C[C@]23C)O1. The second-order valence-electron chi connectivity index (χ2n) is 14.8. The predicted molar refractivity (Wildman–Crippen MR) is 136 cm³/mol. The van der Waals surface area contributed by atoms with Gasteiger partial charge in [-0.2, -0.15) is 0 Å². The van der Waals surface area contributed by atoms with Gasteiger partial charge in [-0.15, -0.1) is 0 Å². The van der Waals surface area contributed by atoms with E-state index in [1.807, 2.05) is 0 Å². The third-order valence-electron chi connectivity index (χ3n) is 12.3. The highest BCUT2D eigenvalue weighted by Crippen LogP contribution is 2.74. The van der Waals surface area contributed by atoms with E-state index in [1.54, 1.807) is 20.8 Å². The average Bonchev–Trinajstić information content (AvgIpc) is 3.15. The molecule has 0 aromatic rings. The van der Waals surface area contributed by atoms with Crippen LogP contribution in [0.2, 0.25) is 0 Å². The van der Waals surface area contributed by atoms with Crippen LogP contribution < -0.4 is 0 Å². The first-order chi connectivity index (χ1) is 16.3. The van der Waals surface area contributed by atoms with Gasteiger partial charge in [0.2, 0.25) is 0 Å². The van der Waals surface area contributed by atoms with Crippen molar-refractivity contribution < 1.29 is 29.6 Å². The van der Waals surface area contributed by atoms with Crippen LogP contribution in [0.25, 0.3) is 0 Å². The Labute approximate surface area is 215 Å². The van der Waals surface area contributed by atoms with Crippen LogP contribution in [0.1, 0.15) is 93.9 Å². The van der Waals surface area contributed by atoms with Gasteiger partial charge < -0.3 is 20.1 Å². The number of ether oxygens (including phenoxy) is 1. The molecule has 36 heavy (non-hydrogen) atoms. The normalized spacial score (nSPS) is 52.5. The molecule has 1 aliphatic heterocycles. The van der Waals surface area contributed by atoms with Crippen LogP contribution in [-0.4, -0.2) is 56.4 Å². The number of Topliss-reactive ketones (excluding diaryl/α,β-unsaturated/α-hetero) is 2. The van der Waals surface area contributed by atoms with Crippen molar-refractivity contribution in [1.82, 2.24) is 0 Å². The lowest BCUT2D eigenvalue weighted by atomic mass is 9.38. The maximum Gasteiger partial charge on any atom is 0.167 e. The lowest BCUT2D eigenvalue weighted by Crippen LogP contribution is -2.64. The molecule has 0 unspecified atom stereocenters. The Morgan fingerprint density at radius 2 is 1.61 bits per heavy atom. The Hall–Kier alpha value is -1.08. The van der Waals surface area contributed by atoms with Crippen LogP contribution in [0.15, 0.2) is 11.6 Å². The predicted octanol–water partition coefficient (Wildman–Crippen LogP) is 3.99. The van der Waals surface area contributed by atoms with Crippen molar-refractivity contribution in [3.8, 4) is 0 Å². The quantitative estimate of drug-likeness (QED) is 0.493. The summed E-state index contributed by atoms with van der Waals surface area (Å²) in [5.74, 6) is -0.306. The molecule has 3 N–H and O–H groups in total. The second kappa shape index (κ2) is 7.52. The minimum Gasteiger partial charge on any atom is -0.393 e. The molecule has 0 aromatic carbocycles. The third-order valence-corrected chi connectivity index (χ3v) is 12.3. The molecule has 1 saturated heterocycles. The van der Waals surface area contributed by atoms with E-state index in [9.17, 15) is 24.9 Å². The van der Waals surface area contributed by atoms with Crippen molar-refractivity contribution in [2.24, 2.45) is 39.4 Å². The van der Waals surface area contributed by atoms with E-state index < -0.39 is 46.3 Å². The highest BCUT2D eigenvalue weighted by atomic mass is 16.5. The first kappa shape index (κ1) is 26.5. The van der Waals surface area contributed by atoms with Gasteiger partial charge in [0.25, 0.3) is 0 Å². The number of allylic oxidation sites excluding steroid dienone is 1. The molecule has 6 heteroatoms. The van der Waals surface area contributed by atoms with E-state index >= 15 is 0 Å². The highest BCUT2D eigenvalue weighted by Gasteiger charge is 2.75. The van der Waals surface area contributed by atoms with Gasteiger partial charge >= 0.3 is 0 Å². The lowest BCUT2D eigenvalue weighted by molar-refractivity contribution is -0.196. The minimum atomic E-state index is -1.25. The van der Waals surface area contributed by atoms with Gasteiger partial charge in [0.1, 0.15) is 11.4 Å². The number of hydrogen-bond acceptors (Lipinski definition) is 6. The van der Waals surface area contributed by atoms with Crippen molar-refractivity contribution in [3.05, 3.63) is 11.6 Å². The zero-order valence-electron chi connectivity index (χ0n) is 23.4. The maximum atomic E-state index is 14.3. The van der Waals surface area contributed by atoms with Gasteiger partial charge in [-0.1, -0.05) is 46.3 Å². The Kier molecular flexibility index (Phi) is 5.54. The van der Waals surface area contributed by atoms with Crippen molar-refractivity contribution in [1.29, 1.82) is 0 Å². The molecule has 3 saturated carbocycles. The molecular formula is C30H46O6. The number of hydrogen-bond donors (Lipinski definition) is 3. The average molecular weight is 503 g/mol. The van der Waals surface area contributed by atoms with Crippen molar-refractivity contribution in [3.63, 3.8) is 0 Å². The second-order valence-corrected chi connectivity index (χ2v) is 14.8. The van der Waals surface area contributed by atoms with Gasteiger partial charge in [0, 0.05) is 29.6 Å². The molecule has 0 spiro atoms. The fraction of sp³-hybridized carbons (Fsp3) is 0.867. The number of aliphatic hydroxyl groups excluding tert-OH is 2. The Balaban J connectivity index is 1.59. The molecule has 0 radical (unpaired) electrons. The number of fused-ring (bicyclic) bond motifs is 5. The molecule has 10 atom stereocenters. The molecule has 4 aliphatic carbocycles. The van der Waals surface area contributed by atoms with E-state index in [0.29, 0.717) is 19.3 Å². The van der Waals surface area contributed by atoms with Crippen LogP contribution in [0.5, 0.6) is 0 Å². The largest absolute Gasteiger partial charge is 0.393 e. The zero-order chi connectivity index (χ0) is 26.9. The summed E-state index contributed by atoms with van der Waals surface area (Å²) in [6.07, 6.45) is 3.58. The van der Waals surface area contributed by atoms with E-state index in [-0.39, 0.29) is 40.7 Å². The third kappa shape index (κ3) is 3.05. The molecule has 0 aromatic heterocycles. The van der Waals surface area contributed by atoms with Crippen LogP contribution in [-0.2, 0) is 14.3 Å². The van der Waals surface area contributed by atoms with Crippen LogP contribution in [0.3, 0.4) is 0 Å². The topological polar surface area (TPSA) is 104 Å². The van der Waals surface area contributed by atoms with E-state index in [1.165, 1.54) is 5.57 Å². The van der Waals surface area contributed by atoms with Gasteiger partial charge in [-0.25, -0.2) is 0 Å². The van der Waals surface area contributed by atoms with E-state index in [0.717, 1.165) is 12.8 Å². The first-order valence-corrected chi connectivity index (χ1v) is 13.9. The molecule has 4 fully saturated rings. The first-order valence-electron chi connectivity index (χ1n) is 13.9. The number of carbonyl (C=O) groups is 2. The van der Waals surface area contributed by atoms with E-state index in [2.05, 4.69) is 40.7 Å². The summed E-state index contributed by atoms with van der Waals surface area (Å²) < 4.78 is 6.35. The minimum absolute atomic E-state index is 0.0286. The summed E-state index contributed by atoms with van der Waals surface area (Å²) in [5.41, 5.74) is -3.14. The monoisotopic (exact) mass is 502 g/mol. The van der Waals surface area contributed by atoms with Gasteiger partial charge in [-0.3, -0.25) is 9.59 Å².